The first-order valence-electron chi connectivity index (χ1n) is 7.48. The summed E-state index contributed by atoms with van der Waals surface area (Å²) < 4.78 is 19.8. The van der Waals surface area contributed by atoms with Crippen LogP contribution in [0.15, 0.2) is 54.7 Å². The van der Waals surface area contributed by atoms with Crippen molar-refractivity contribution in [2.24, 2.45) is 0 Å². The maximum Gasteiger partial charge on any atom is 0.256 e. The first-order chi connectivity index (χ1) is 12.0. The third-order valence-corrected chi connectivity index (χ3v) is 3.91. The Bertz CT molecular complexity index is 911. The van der Waals surface area contributed by atoms with E-state index in [0.29, 0.717) is 28.7 Å². The Morgan fingerprint density at radius 3 is 2.88 bits per heavy atom. The molecule has 5 nitrogen and oxygen atoms in total. The lowest BCUT2D eigenvalue weighted by Gasteiger charge is -2.06. The summed E-state index contributed by atoms with van der Waals surface area (Å²) in [5.74, 6) is 0.333. The van der Waals surface area contributed by atoms with Gasteiger partial charge in [0.1, 0.15) is 11.6 Å². The number of nitrogens with zero attached hydrogens (tertiary/aromatic N) is 2. The van der Waals surface area contributed by atoms with E-state index in [-0.39, 0.29) is 11.7 Å². The number of nitrogens with one attached hydrogen (secondary N) is 1. The molecule has 0 bridgehead atoms. The van der Waals surface area contributed by atoms with Crippen LogP contribution in [0, 0.1) is 5.82 Å². The van der Waals surface area contributed by atoms with Crippen LogP contribution in [0.5, 0.6) is 5.75 Å². The quantitative estimate of drug-likeness (QED) is 0.749. The average molecular weight is 360 g/mol. The summed E-state index contributed by atoms with van der Waals surface area (Å²) in [4.78, 5) is 12.3. The molecule has 1 amide bonds. The monoisotopic (exact) mass is 359 g/mol. The molecule has 0 unspecified atom stereocenters. The molecule has 1 heterocycles. The Balaban J connectivity index is 1.69. The third-order valence-electron chi connectivity index (χ3n) is 3.56. The summed E-state index contributed by atoms with van der Waals surface area (Å²) >= 11 is 6.02. The lowest BCUT2D eigenvalue weighted by molar-refractivity contribution is 0.102. The third kappa shape index (κ3) is 4.16. The first kappa shape index (κ1) is 17.0. The Morgan fingerprint density at radius 2 is 2.12 bits per heavy atom. The highest BCUT2D eigenvalue weighted by Crippen LogP contribution is 2.19. The fourth-order valence-electron chi connectivity index (χ4n) is 2.29. The smallest absolute Gasteiger partial charge is 0.256 e. The molecule has 0 fully saturated rings. The second-order valence-corrected chi connectivity index (χ2v) is 5.73. The molecule has 25 heavy (non-hydrogen) atoms. The number of hydrogen-bond donors (Lipinski definition) is 1. The molecule has 0 atom stereocenters. The molecular formula is C18H15ClFN3O2. The number of carbonyl (C=O) groups is 1. The van der Waals surface area contributed by atoms with Crippen molar-refractivity contribution in [3.63, 3.8) is 0 Å². The number of methoxy groups -OCH3 is 1. The van der Waals surface area contributed by atoms with Crippen LogP contribution in [-0.4, -0.2) is 22.8 Å². The molecule has 0 radical (unpaired) electrons. The van der Waals surface area contributed by atoms with E-state index >= 15 is 0 Å². The number of rotatable bonds is 5. The summed E-state index contributed by atoms with van der Waals surface area (Å²) in [6, 6.07) is 12.7. The predicted molar refractivity (Wildman–Crippen MR) is 93.7 cm³/mol. The minimum absolute atomic E-state index is 0.288. The van der Waals surface area contributed by atoms with E-state index in [1.54, 1.807) is 54.4 Å². The first-order valence-corrected chi connectivity index (χ1v) is 7.86. The van der Waals surface area contributed by atoms with Crippen LogP contribution in [0.2, 0.25) is 5.02 Å². The zero-order chi connectivity index (χ0) is 17.8. The normalized spacial score (nSPS) is 10.5. The summed E-state index contributed by atoms with van der Waals surface area (Å²) in [7, 11) is 1.54. The van der Waals surface area contributed by atoms with Gasteiger partial charge in [-0.05, 0) is 35.9 Å². The van der Waals surface area contributed by atoms with E-state index in [9.17, 15) is 9.18 Å². The Hall–Kier alpha value is -2.86. The molecule has 2 aromatic carbocycles. The zero-order valence-electron chi connectivity index (χ0n) is 13.4. The van der Waals surface area contributed by atoms with Crippen LogP contribution in [0.1, 0.15) is 15.9 Å². The molecule has 3 aromatic rings. The second kappa shape index (κ2) is 7.36. The van der Waals surface area contributed by atoms with Crippen molar-refractivity contribution in [3.05, 3.63) is 76.7 Å². The summed E-state index contributed by atoms with van der Waals surface area (Å²) in [6.07, 6.45) is 1.71. The Labute approximate surface area is 149 Å². The highest BCUT2D eigenvalue weighted by Gasteiger charge is 2.10. The van der Waals surface area contributed by atoms with Gasteiger partial charge in [-0.25, -0.2) is 4.39 Å². The van der Waals surface area contributed by atoms with Crippen LogP contribution < -0.4 is 10.1 Å². The van der Waals surface area contributed by atoms with Crippen molar-refractivity contribution in [3.8, 4) is 5.75 Å². The highest BCUT2D eigenvalue weighted by atomic mass is 35.5. The van der Waals surface area contributed by atoms with Crippen molar-refractivity contribution in [1.82, 2.24) is 9.78 Å². The summed E-state index contributed by atoms with van der Waals surface area (Å²) in [6.45, 7) is 0.369. The van der Waals surface area contributed by atoms with Crippen LogP contribution in [0.4, 0.5) is 10.2 Å². The molecule has 7 heteroatoms. The van der Waals surface area contributed by atoms with Gasteiger partial charge in [-0.1, -0.05) is 23.7 Å². The zero-order valence-corrected chi connectivity index (χ0v) is 14.1. The van der Waals surface area contributed by atoms with Crippen molar-refractivity contribution >= 4 is 23.3 Å². The van der Waals surface area contributed by atoms with Crippen molar-refractivity contribution in [2.45, 2.75) is 6.54 Å². The Kier molecular flexibility index (Phi) is 5.00. The highest BCUT2D eigenvalue weighted by molar-refractivity contribution is 6.31. The van der Waals surface area contributed by atoms with Gasteiger partial charge in [0.2, 0.25) is 0 Å². The number of benzene rings is 2. The SMILES string of the molecule is COc1cccc(C(=O)Nc2ccn(Cc3ccc(F)cc3Cl)n2)c1. The van der Waals surface area contributed by atoms with E-state index in [1.807, 2.05) is 0 Å². The molecule has 128 valence electrons. The molecule has 3 rings (SSSR count). The van der Waals surface area contributed by atoms with Gasteiger partial charge in [-0.15, -0.1) is 0 Å². The number of anilines is 1. The molecule has 0 aliphatic carbocycles. The molecule has 0 spiro atoms. The van der Waals surface area contributed by atoms with Gasteiger partial charge in [0.25, 0.3) is 5.91 Å². The molecule has 0 aliphatic rings. The van der Waals surface area contributed by atoms with Crippen LogP contribution >= 0.6 is 11.6 Å². The van der Waals surface area contributed by atoms with E-state index in [1.165, 1.54) is 12.1 Å². The number of ether oxygens (including phenoxy) is 1. The minimum Gasteiger partial charge on any atom is -0.497 e. The van der Waals surface area contributed by atoms with Gasteiger partial charge in [-0.3, -0.25) is 9.48 Å². The van der Waals surface area contributed by atoms with Gasteiger partial charge in [0, 0.05) is 22.8 Å². The van der Waals surface area contributed by atoms with E-state index in [4.69, 9.17) is 16.3 Å². The van der Waals surface area contributed by atoms with Crippen molar-refractivity contribution in [2.75, 3.05) is 12.4 Å². The molecule has 1 N–H and O–H groups in total. The number of amides is 1. The van der Waals surface area contributed by atoms with Gasteiger partial charge in [-0.2, -0.15) is 5.10 Å². The summed E-state index contributed by atoms with van der Waals surface area (Å²) in [5, 5.41) is 7.33. The molecule has 0 saturated heterocycles. The predicted octanol–water partition coefficient (Wildman–Crippen LogP) is 3.98. The average Bonchev–Trinajstić information content (AvgIpc) is 3.04. The van der Waals surface area contributed by atoms with Crippen LogP contribution in [0.25, 0.3) is 0 Å². The minimum atomic E-state index is -0.388. The topological polar surface area (TPSA) is 56.1 Å². The molecular weight excluding hydrogens is 345 g/mol. The lowest BCUT2D eigenvalue weighted by Crippen LogP contribution is -2.13. The molecule has 0 saturated carbocycles. The largest absolute Gasteiger partial charge is 0.497 e. The summed E-state index contributed by atoms with van der Waals surface area (Å²) in [5.41, 5.74) is 1.20. The standard InChI is InChI=1S/C18H15ClFN3O2/c1-25-15-4-2-3-12(9-15)18(24)21-17-7-8-23(22-17)11-13-5-6-14(20)10-16(13)19/h2-10H,11H2,1H3,(H,21,22,24). The molecule has 1 aromatic heterocycles. The van der Waals surface area contributed by atoms with E-state index in [0.717, 1.165) is 5.56 Å². The van der Waals surface area contributed by atoms with Crippen molar-refractivity contribution in [1.29, 1.82) is 0 Å². The van der Waals surface area contributed by atoms with Gasteiger partial charge >= 0.3 is 0 Å². The van der Waals surface area contributed by atoms with E-state index < -0.39 is 0 Å². The van der Waals surface area contributed by atoms with Crippen LogP contribution in [-0.2, 0) is 6.54 Å². The lowest BCUT2D eigenvalue weighted by atomic mass is 10.2. The van der Waals surface area contributed by atoms with Gasteiger partial charge in [0.15, 0.2) is 5.82 Å². The number of aromatic nitrogens is 2. The van der Waals surface area contributed by atoms with E-state index in [2.05, 4.69) is 10.4 Å². The fourth-order valence-corrected chi connectivity index (χ4v) is 2.52. The van der Waals surface area contributed by atoms with Crippen molar-refractivity contribution < 1.29 is 13.9 Å². The van der Waals surface area contributed by atoms with Crippen LogP contribution in [0.3, 0.4) is 0 Å². The maximum absolute atomic E-state index is 13.1. The fraction of sp³-hybridized carbons (Fsp3) is 0.111. The second-order valence-electron chi connectivity index (χ2n) is 5.32. The number of halogens is 2. The number of carbonyl (C=O) groups excluding carboxylic acids is 1. The number of hydrogen-bond acceptors (Lipinski definition) is 3. The van der Waals surface area contributed by atoms with Gasteiger partial charge < -0.3 is 10.1 Å². The molecule has 0 aliphatic heterocycles. The van der Waals surface area contributed by atoms with Gasteiger partial charge in [0.05, 0.1) is 13.7 Å². The Morgan fingerprint density at radius 1 is 1.28 bits per heavy atom. The maximum atomic E-state index is 13.1.